The van der Waals surface area contributed by atoms with Gasteiger partial charge in [-0.2, -0.15) is 0 Å². The molecule has 2 aromatic rings. The monoisotopic (exact) mass is 432 g/mol. The van der Waals surface area contributed by atoms with Crippen molar-refractivity contribution in [3.63, 3.8) is 0 Å². The topological polar surface area (TPSA) is 15.3 Å². The number of hydrogen-bond acceptors (Lipinski definition) is 2. The van der Waals surface area contributed by atoms with E-state index < -0.39 is 23.3 Å². The van der Waals surface area contributed by atoms with Gasteiger partial charge in [-0.3, -0.25) is 4.90 Å². The number of rotatable bonds is 5. The highest BCUT2D eigenvalue weighted by Crippen LogP contribution is 2.50. The van der Waals surface area contributed by atoms with Gasteiger partial charge >= 0.3 is 0 Å². The van der Waals surface area contributed by atoms with E-state index in [0.29, 0.717) is 25.1 Å². The third-order valence-corrected chi connectivity index (χ3v) is 6.18. The van der Waals surface area contributed by atoms with E-state index in [4.69, 9.17) is 0 Å². The molecular formula is C25H28F4N2. The SMILES string of the molecule is CCNc1cc(F)c(C2C3=C(CC(C)N2CC(C)(C)F)c2ccc(F)cc2C3)c(F)c1. The van der Waals surface area contributed by atoms with Crippen LogP contribution in [0, 0.1) is 17.5 Å². The number of anilines is 1. The summed E-state index contributed by atoms with van der Waals surface area (Å²) in [6, 6.07) is 6.34. The Hall–Kier alpha value is -2.34. The van der Waals surface area contributed by atoms with Crippen molar-refractivity contribution in [2.45, 2.75) is 58.3 Å². The third kappa shape index (κ3) is 4.10. The molecule has 1 heterocycles. The highest BCUT2D eigenvalue weighted by molar-refractivity contribution is 5.79. The van der Waals surface area contributed by atoms with E-state index in [1.165, 1.54) is 38.1 Å². The fourth-order valence-electron chi connectivity index (χ4n) is 5.03. The summed E-state index contributed by atoms with van der Waals surface area (Å²) in [5.41, 5.74) is 2.32. The first-order chi connectivity index (χ1) is 14.6. The van der Waals surface area contributed by atoms with Crippen molar-refractivity contribution < 1.29 is 17.6 Å². The molecule has 0 spiro atoms. The number of alkyl halides is 1. The standard InChI is InChI=1S/C25H28F4N2/c1-5-30-17-11-21(27)23(22(28)12-17)24-20-10-15-9-16(26)6-7-18(15)19(20)8-14(2)31(24)13-25(3,4)29/h6-7,9,11-12,14,24,30H,5,8,10,13H2,1-4H3. The maximum absolute atomic E-state index is 15.3. The van der Waals surface area contributed by atoms with Crippen LogP contribution in [0.25, 0.3) is 5.57 Å². The van der Waals surface area contributed by atoms with E-state index in [1.807, 2.05) is 18.7 Å². The Bertz CT molecular complexity index is 1020. The van der Waals surface area contributed by atoms with Crippen LogP contribution in [0.5, 0.6) is 0 Å². The van der Waals surface area contributed by atoms with Gasteiger partial charge in [-0.1, -0.05) is 6.07 Å². The lowest BCUT2D eigenvalue weighted by atomic mass is 9.84. The summed E-state index contributed by atoms with van der Waals surface area (Å²) in [6.45, 7) is 7.32. The summed E-state index contributed by atoms with van der Waals surface area (Å²) in [7, 11) is 0. The molecule has 2 aromatic carbocycles. The van der Waals surface area contributed by atoms with E-state index in [-0.39, 0.29) is 24.0 Å². The molecule has 2 aliphatic rings. The second-order valence-corrected chi connectivity index (χ2v) is 9.21. The van der Waals surface area contributed by atoms with Crippen LogP contribution in [0.4, 0.5) is 23.2 Å². The Morgan fingerprint density at radius 2 is 1.77 bits per heavy atom. The van der Waals surface area contributed by atoms with Gasteiger partial charge in [0.25, 0.3) is 0 Å². The van der Waals surface area contributed by atoms with Crippen molar-refractivity contribution in [1.82, 2.24) is 4.90 Å². The number of halogens is 4. The van der Waals surface area contributed by atoms with Gasteiger partial charge in [-0.25, -0.2) is 17.6 Å². The predicted molar refractivity (Wildman–Crippen MR) is 116 cm³/mol. The molecule has 31 heavy (non-hydrogen) atoms. The van der Waals surface area contributed by atoms with E-state index in [9.17, 15) is 8.78 Å². The Morgan fingerprint density at radius 1 is 1.10 bits per heavy atom. The fourth-order valence-corrected chi connectivity index (χ4v) is 5.03. The summed E-state index contributed by atoms with van der Waals surface area (Å²) in [5.74, 6) is -1.66. The van der Waals surface area contributed by atoms with Crippen LogP contribution in [-0.4, -0.2) is 29.7 Å². The van der Waals surface area contributed by atoms with Gasteiger partial charge in [0.05, 0.1) is 6.04 Å². The third-order valence-electron chi connectivity index (χ3n) is 6.18. The zero-order valence-electron chi connectivity index (χ0n) is 18.3. The highest BCUT2D eigenvalue weighted by Gasteiger charge is 2.43. The summed E-state index contributed by atoms with van der Waals surface area (Å²) in [4.78, 5) is 1.86. The van der Waals surface area contributed by atoms with Crippen LogP contribution in [0.15, 0.2) is 35.9 Å². The van der Waals surface area contributed by atoms with Gasteiger partial charge in [0.1, 0.15) is 23.1 Å². The molecule has 0 saturated carbocycles. The van der Waals surface area contributed by atoms with Crippen LogP contribution in [0.1, 0.15) is 56.8 Å². The fraction of sp³-hybridized carbons (Fsp3) is 0.440. The smallest absolute Gasteiger partial charge is 0.133 e. The van der Waals surface area contributed by atoms with Gasteiger partial charge in [0, 0.05) is 30.4 Å². The maximum Gasteiger partial charge on any atom is 0.133 e. The molecule has 1 aliphatic heterocycles. The molecule has 6 heteroatoms. The minimum absolute atomic E-state index is 0.0359. The van der Waals surface area contributed by atoms with Crippen molar-refractivity contribution in [3.05, 3.63) is 70.0 Å². The maximum atomic E-state index is 15.3. The highest BCUT2D eigenvalue weighted by atomic mass is 19.1. The first kappa shape index (κ1) is 21.9. The van der Waals surface area contributed by atoms with Crippen LogP contribution in [0.3, 0.4) is 0 Å². The Balaban J connectivity index is 1.88. The molecule has 4 rings (SSSR count). The largest absolute Gasteiger partial charge is 0.385 e. The summed E-state index contributed by atoms with van der Waals surface area (Å²) < 4.78 is 59.3. The lowest BCUT2D eigenvalue weighted by Crippen LogP contribution is -2.47. The number of benzene rings is 2. The van der Waals surface area contributed by atoms with E-state index in [2.05, 4.69) is 5.32 Å². The molecule has 2 nitrogen and oxygen atoms in total. The molecule has 0 aromatic heterocycles. The molecule has 2 atom stereocenters. The van der Waals surface area contributed by atoms with Crippen LogP contribution in [0.2, 0.25) is 0 Å². The van der Waals surface area contributed by atoms with Crippen molar-refractivity contribution in [3.8, 4) is 0 Å². The van der Waals surface area contributed by atoms with Crippen molar-refractivity contribution >= 4 is 11.3 Å². The zero-order chi connectivity index (χ0) is 22.5. The van der Waals surface area contributed by atoms with Gasteiger partial charge in [0.2, 0.25) is 0 Å². The lowest BCUT2D eigenvalue weighted by molar-refractivity contribution is 0.0677. The second kappa shape index (κ2) is 7.97. The number of hydrogen-bond donors (Lipinski definition) is 1. The number of nitrogens with zero attached hydrogens (tertiary/aromatic N) is 1. The molecule has 0 saturated heterocycles. The van der Waals surface area contributed by atoms with Gasteiger partial charge in [-0.15, -0.1) is 0 Å². The molecule has 2 unspecified atom stereocenters. The molecule has 0 amide bonds. The number of nitrogens with one attached hydrogen (secondary N) is 1. The zero-order valence-corrected chi connectivity index (χ0v) is 18.3. The molecular weight excluding hydrogens is 404 g/mol. The van der Waals surface area contributed by atoms with Crippen LogP contribution < -0.4 is 5.32 Å². The summed E-state index contributed by atoms with van der Waals surface area (Å²) in [5, 5.41) is 2.94. The Morgan fingerprint density at radius 3 is 2.39 bits per heavy atom. The van der Waals surface area contributed by atoms with Crippen LogP contribution in [-0.2, 0) is 6.42 Å². The van der Waals surface area contributed by atoms with Gasteiger partial charge in [0.15, 0.2) is 0 Å². The minimum Gasteiger partial charge on any atom is -0.385 e. The van der Waals surface area contributed by atoms with Crippen molar-refractivity contribution in [2.75, 3.05) is 18.4 Å². The Kier molecular flexibility index (Phi) is 5.63. The average molecular weight is 433 g/mol. The van der Waals surface area contributed by atoms with Crippen LogP contribution >= 0.6 is 0 Å². The Labute approximate surface area is 181 Å². The molecule has 166 valence electrons. The van der Waals surface area contributed by atoms with Gasteiger partial charge in [-0.05, 0) is 87.1 Å². The van der Waals surface area contributed by atoms with E-state index in [1.54, 1.807) is 6.07 Å². The quantitative estimate of drug-likeness (QED) is 0.548. The average Bonchev–Trinajstić information content (AvgIpc) is 2.99. The minimum atomic E-state index is -1.54. The first-order valence-corrected chi connectivity index (χ1v) is 10.8. The van der Waals surface area contributed by atoms with Crippen molar-refractivity contribution in [2.24, 2.45) is 0 Å². The van der Waals surface area contributed by atoms with E-state index >= 15 is 8.78 Å². The predicted octanol–water partition coefficient (Wildman–Crippen LogP) is 6.43. The lowest BCUT2D eigenvalue weighted by Gasteiger charge is -2.44. The normalized spacial score (nSPS) is 21.3. The molecule has 1 aliphatic carbocycles. The van der Waals surface area contributed by atoms with E-state index in [0.717, 1.165) is 22.3 Å². The summed E-state index contributed by atoms with van der Waals surface area (Å²) in [6.07, 6.45) is 1.02. The van der Waals surface area contributed by atoms with Crippen molar-refractivity contribution in [1.29, 1.82) is 0 Å². The molecule has 0 radical (unpaired) electrons. The second-order valence-electron chi connectivity index (χ2n) is 9.21. The molecule has 1 N–H and O–H groups in total. The molecule has 0 fully saturated rings. The summed E-state index contributed by atoms with van der Waals surface area (Å²) >= 11 is 0. The number of fused-ring (bicyclic) bond motifs is 2. The first-order valence-electron chi connectivity index (χ1n) is 10.8. The molecule has 0 bridgehead atoms. The van der Waals surface area contributed by atoms with Gasteiger partial charge < -0.3 is 5.32 Å².